The Morgan fingerprint density at radius 1 is 1.17 bits per heavy atom. The van der Waals surface area contributed by atoms with Crippen LogP contribution in [0.2, 0.25) is 5.02 Å². The van der Waals surface area contributed by atoms with Gasteiger partial charge in [-0.2, -0.15) is 0 Å². The van der Waals surface area contributed by atoms with Gasteiger partial charge in [0.15, 0.2) is 5.82 Å². The molecule has 0 saturated carbocycles. The average Bonchev–Trinajstić information content (AvgIpc) is 3.28. The summed E-state index contributed by atoms with van der Waals surface area (Å²) in [5, 5.41) is 15.3. The molecule has 1 aliphatic heterocycles. The molecule has 3 aromatic rings. The van der Waals surface area contributed by atoms with Crippen molar-refractivity contribution in [1.29, 1.82) is 0 Å². The van der Waals surface area contributed by atoms with Crippen LogP contribution in [0.1, 0.15) is 22.9 Å². The van der Waals surface area contributed by atoms with Crippen LogP contribution in [0, 0.1) is 6.92 Å². The molecular weight excluding hydrogens is 408 g/mol. The first kappa shape index (κ1) is 19.7. The van der Waals surface area contributed by atoms with E-state index >= 15 is 0 Å². The van der Waals surface area contributed by atoms with Crippen LogP contribution >= 0.6 is 11.6 Å². The Kier molecular flexibility index (Phi) is 5.05. The van der Waals surface area contributed by atoms with E-state index in [9.17, 15) is 14.7 Å². The van der Waals surface area contributed by atoms with E-state index < -0.39 is 17.7 Å². The Morgan fingerprint density at radius 3 is 2.50 bits per heavy atom. The number of carbonyl (C=O) groups excluding carboxylic acids is 2. The lowest BCUT2D eigenvalue weighted by molar-refractivity contribution is -0.132. The third-order valence-electron chi connectivity index (χ3n) is 4.83. The predicted molar refractivity (Wildman–Crippen MR) is 110 cm³/mol. The topological polar surface area (TPSA) is 92.9 Å². The Labute approximate surface area is 177 Å². The summed E-state index contributed by atoms with van der Waals surface area (Å²) in [6.45, 7) is 1.68. The number of halogens is 1. The van der Waals surface area contributed by atoms with Crippen LogP contribution in [0.4, 0.5) is 5.82 Å². The van der Waals surface area contributed by atoms with Crippen molar-refractivity contribution in [1.82, 2.24) is 5.16 Å². The monoisotopic (exact) mass is 424 g/mol. The number of aryl methyl sites for hydroxylation is 1. The van der Waals surface area contributed by atoms with E-state index in [2.05, 4.69) is 5.16 Å². The number of hydrogen-bond acceptors (Lipinski definition) is 6. The Hall–Kier alpha value is -3.58. The maximum Gasteiger partial charge on any atom is 0.301 e. The second-order valence-electron chi connectivity index (χ2n) is 6.75. The SMILES string of the molecule is COc1ccc(/C(O)=C2\C(=O)C(=O)N(c3cc(C)on3)[C@@H]2c2cccc(Cl)c2)cc1. The summed E-state index contributed by atoms with van der Waals surface area (Å²) in [6.07, 6.45) is 0. The highest BCUT2D eigenvalue weighted by Crippen LogP contribution is 2.42. The molecule has 7 nitrogen and oxygen atoms in total. The van der Waals surface area contributed by atoms with E-state index in [0.717, 1.165) is 0 Å². The summed E-state index contributed by atoms with van der Waals surface area (Å²) in [6, 6.07) is 13.9. The van der Waals surface area contributed by atoms with Gasteiger partial charge in [0.05, 0.1) is 18.7 Å². The van der Waals surface area contributed by atoms with Crippen molar-refractivity contribution in [2.75, 3.05) is 12.0 Å². The van der Waals surface area contributed by atoms with Crippen molar-refractivity contribution < 1.29 is 24.0 Å². The minimum absolute atomic E-state index is 0.0620. The lowest BCUT2D eigenvalue weighted by Crippen LogP contribution is -2.29. The van der Waals surface area contributed by atoms with Gasteiger partial charge in [0.1, 0.15) is 17.3 Å². The number of nitrogens with zero attached hydrogens (tertiary/aromatic N) is 2. The number of aromatic nitrogens is 1. The number of Topliss-reactive ketones (excluding diaryl/α,β-unsaturated/α-hetero) is 1. The molecule has 0 bridgehead atoms. The van der Waals surface area contributed by atoms with Gasteiger partial charge in [0.2, 0.25) is 0 Å². The molecule has 0 spiro atoms. The van der Waals surface area contributed by atoms with Gasteiger partial charge in [-0.25, -0.2) is 0 Å². The number of amides is 1. The molecule has 1 amide bonds. The molecule has 8 heteroatoms. The van der Waals surface area contributed by atoms with Crippen LogP contribution < -0.4 is 9.64 Å². The highest BCUT2D eigenvalue weighted by molar-refractivity contribution is 6.51. The molecule has 0 radical (unpaired) electrons. The number of methoxy groups -OCH3 is 1. The number of rotatable bonds is 4. The van der Waals surface area contributed by atoms with Gasteiger partial charge in [-0.3, -0.25) is 14.5 Å². The third-order valence-corrected chi connectivity index (χ3v) is 5.07. The second-order valence-corrected chi connectivity index (χ2v) is 7.18. The minimum Gasteiger partial charge on any atom is -0.507 e. The van der Waals surface area contributed by atoms with Crippen LogP contribution in [0.25, 0.3) is 5.76 Å². The smallest absolute Gasteiger partial charge is 0.301 e. The van der Waals surface area contributed by atoms with Crippen molar-refractivity contribution >= 4 is 34.9 Å². The second kappa shape index (κ2) is 7.68. The van der Waals surface area contributed by atoms with E-state index in [1.165, 1.54) is 12.0 Å². The van der Waals surface area contributed by atoms with Crippen LogP contribution in [0.5, 0.6) is 5.75 Å². The average molecular weight is 425 g/mol. The maximum atomic E-state index is 13.0. The number of aliphatic hydroxyl groups excluding tert-OH is 1. The quantitative estimate of drug-likeness (QED) is 0.382. The van der Waals surface area contributed by atoms with Crippen LogP contribution in [0.3, 0.4) is 0 Å². The first-order valence-electron chi connectivity index (χ1n) is 9.05. The lowest BCUT2D eigenvalue weighted by atomic mass is 9.95. The Bertz CT molecular complexity index is 1170. The van der Waals surface area contributed by atoms with Crippen molar-refractivity contribution in [3.05, 3.63) is 82.1 Å². The summed E-state index contributed by atoms with van der Waals surface area (Å²) in [4.78, 5) is 27.1. The molecule has 1 N–H and O–H groups in total. The Balaban J connectivity index is 1.92. The molecule has 1 atom stereocenters. The fourth-order valence-electron chi connectivity index (χ4n) is 3.43. The van der Waals surface area contributed by atoms with Gasteiger partial charge >= 0.3 is 5.91 Å². The molecule has 30 heavy (non-hydrogen) atoms. The van der Waals surface area contributed by atoms with Gasteiger partial charge in [-0.15, -0.1) is 0 Å². The summed E-state index contributed by atoms with van der Waals surface area (Å²) in [5.41, 5.74) is 0.864. The molecule has 2 heterocycles. The fourth-order valence-corrected chi connectivity index (χ4v) is 3.63. The number of carbonyl (C=O) groups is 2. The highest BCUT2D eigenvalue weighted by Gasteiger charge is 2.48. The number of anilines is 1. The lowest BCUT2D eigenvalue weighted by Gasteiger charge is -2.23. The molecule has 0 unspecified atom stereocenters. The summed E-state index contributed by atoms with van der Waals surface area (Å²) >= 11 is 6.16. The van der Waals surface area contributed by atoms with Gasteiger partial charge in [-0.1, -0.05) is 28.9 Å². The molecule has 2 aromatic carbocycles. The van der Waals surface area contributed by atoms with Crippen molar-refractivity contribution in [2.45, 2.75) is 13.0 Å². The van der Waals surface area contributed by atoms with Crippen molar-refractivity contribution in [2.24, 2.45) is 0 Å². The molecule has 0 aliphatic carbocycles. The summed E-state index contributed by atoms with van der Waals surface area (Å²) in [7, 11) is 1.53. The molecule has 1 fully saturated rings. The zero-order chi connectivity index (χ0) is 21.4. The standard InChI is InChI=1S/C22H17ClN2O5/c1-12-10-17(24-30-12)25-19(14-4-3-5-15(23)11-14)18(21(27)22(25)28)20(26)13-6-8-16(29-2)9-7-13/h3-11,19,26H,1-2H3/b20-18+/t19-/m1/s1. The summed E-state index contributed by atoms with van der Waals surface area (Å²) in [5.74, 6) is -0.697. The number of benzene rings is 2. The first-order chi connectivity index (χ1) is 14.4. The maximum absolute atomic E-state index is 13.0. The zero-order valence-electron chi connectivity index (χ0n) is 16.1. The van der Waals surface area contributed by atoms with Gasteiger partial charge < -0.3 is 14.4 Å². The number of aliphatic hydroxyl groups is 1. The van der Waals surface area contributed by atoms with E-state index in [4.69, 9.17) is 20.9 Å². The van der Waals surface area contributed by atoms with Crippen LogP contribution in [-0.4, -0.2) is 29.1 Å². The van der Waals surface area contributed by atoms with Crippen molar-refractivity contribution in [3.63, 3.8) is 0 Å². The van der Waals surface area contributed by atoms with E-state index in [1.807, 2.05) is 0 Å². The van der Waals surface area contributed by atoms with Gasteiger partial charge in [-0.05, 0) is 48.9 Å². The number of hydrogen-bond donors (Lipinski definition) is 1. The Morgan fingerprint density at radius 2 is 1.90 bits per heavy atom. The van der Waals surface area contributed by atoms with E-state index in [-0.39, 0.29) is 17.2 Å². The number of ether oxygens (including phenoxy) is 1. The van der Waals surface area contributed by atoms with Crippen LogP contribution in [0.15, 0.2) is 64.7 Å². The zero-order valence-corrected chi connectivity index (χ0v) is 16.9. The fraction of sp³-hybridized carbons (Fsp3) is 0.136. The molecule has 1 saturated heterocycles. The minimum atomic E-state index is -0.921. The molecule has 152 valence electrons. The van der Waals surface area contributed by atoms with Crippen LogP contribution in [-0.2, 0) is 9.59 Å². The normalized spacial score (nSPS) is 18.1. The highest BCUT2D eigenvalue weighted by atomic mass is 35.5. The number of ketones is 1. The van der Waals surface area contributed by atoms with E-state index in [0.29, 0.717) is 27.7 Å². The van der Waals surface area contributed by atoms with Gasteiger partial charge in [0.25, 0.3) is 5.78 Å². The molecule has 1 aromatic heterocycles. The largest absolute Gasteiger partial charge is 0.507 e. The van der Waals surface area contributed by atoms with E-state index in [1.54, 1.807) is 61.5 Å². The molecule has 1 aliphatic rings. The van der Waals surface area contributed by atoms with Gasteiger partial charge in [0, 0.05) is 16.7 Å². The van der Waals surface area contributed by atoms with Crippen molar-refractivity contribution in [3.8, 4) is 5.75 Å². The summed E-state index contributed by atoms with van der Waals surface area (Å²) < 4.78 is 10.2. The predicted octanol–water partition coefficient (Wildman–Crippen LogP) is 4.27. The molecular formula is C22H17ClN2O5. The molecule has 4 rings (SSSR count). The first-order valence-corrected chi connectivity index (χ1v) is 9.42. The third kappa shape index (κ3) is 3.33.